The Kier molecular flexibility index (Phi) is 6.40. The number of pyridine rings is 1. The van der Waals surface area contributed by atoms with Gasteiger partial charge in [-0.1, -0.05) is 5.16 Å². The van der Waals surface area contributed by atoms with E-state index in [-0.39, 0.29) is 32.8 Å². The van der Waals surface area contributed by atoms with Crippen LogP contribution in [-0.2, 0) is 29.4 Å². The Hall–Kier alpha value is -4.27. The lowest BCUT2D eigenvalue weighted by Gasteiger charge is -2.13. The second-order valence-electron chi connectivity index (χ2n) is 8.98. The van der Waals surface area contributed by atoms with Crippen molar-refractivity contribution in [2.75, 3.05) is 5.32 Å². The molecule has 2 amide bonds. The van der Waals surface area contributed by atoms with Crippen LogP contribution >= 0.6 is 11.3 Å². The molecule has 3 N–H and O–H groups in total. The number of carbonyl (C=O) groups is 2. The number of thiophene rings is 1. The summed E-state index contributed by atoms with van der Waals surface area (Å²) in [6.45, 7) is 6.10. The third-order valence-electron chi connectivity index (χ3n) is 6.49. The molecule has 1 aliphatic rings. The topological polar surface area (TPSA) is 142 Å². The second-order valence-corrected chi connectivity index (χ2v) is 9.98. The summed E-state index contributed by atoms with van der Waals surface area (Å²) >= 11 is 0.665. The first-order valence-electron chi connectivity index (χ1n) is 11.8. The van der Waals surface area contributed by atoms with Gasteiger partial charge in [0, 0.05) is 48.4 Å². The van der Waals surface area contributed by atoms with Gasteiger partial charge in [0.1, 0.15) is 15.4 Å². The Balaban J connectivity index is 1.56. The van der Waals surface area contributed by atoms with E-state index in [0.717, 1.165) is 17.3 Å². The highest BCUT2D eigenvalue weighted by Crippen LogP contribution is 2.44. The number of rotatable bonds is 6. The maximum Gasteiger partial charge on any atom is 0.433 e. The molecular weight excluding hydrogens is 537 g/mol. The summed E-state index contributed by atoms with van der Waals surface area (Å²) in [5.41, 5.74) is 7.43. The molecule has 11 nitrogen and oxygen atoms in total. The van der Waals surface area contributed by atoms with Crippen LogP contribution in [0.2, 0.25) is 0 Å². The summed E-state index contributed by atoms with van der Waals surface area (Å²) in [4.78, 5) is 34.5. The van der Waals surface area contributed by atoms with E-state index in [1.165, 1.54) is 10.9 Å². The van der Waals surface area contributed by atoms with Crippen LogP contribution in [0, 0.1) is 13.8 Å². The smallest absolute Gasteiger partial charge is 0.382 e. The number of aryl methyl sites for hydroxylation is 3. The number of amides is 2. The molecule has 0 bridgehead atoms. The monoisotopic (exact) mass is 560 g/mol. The van der Waals surface area contributed by atoms with Gasteiger partial charge in [0.05, 0.1) is 23.3 Å². The van der Waals surface area contributed by atoms with Crippen molar-refractivity contribution in [1.29, 1.82) is 0 Å². The molecule has 1 aliphatic heterocycles. The van der Waals surface area contributed by atoms with Gasteiger partial charge in [-0.15, -0.1) is 11.3 Å². The average molecular weight is 561 g/mol. The van der Waals surface area contributed by atoms with Crippen LogP contribution in [0.25, 0.3) is 21.3 Å². The van der Waals surface area contributed by atoms with Gasteiger partial charge in [-0.25, -0.2) is 4.98 Å². The molecule has 204 valence electrons. The number of hydrogen-bond acceptors (Lipinski definition) is 8. The number of nitrogens with two attached hydrogens (primary N) is 1. The highest BCUT2D eigenvalue weighted by molar-refractivity contribution is 7.21. The van der Waals surface area contributed by atoms with Crippen LogP contribution in [0.1, 0.15) is 45.7 Å². The molecule has 0 saturated carbocycles. The Bertz CT molecular complexity index is 1670. The minimum absolute atomic E-state index is 0.0426. The lowest BCUT2D eigenvalue weighted by molar-refractivity contribution is -0.140. The molecule has 15 heteroatoms. The minimum Gasteiger partial charge on any atom is -0.382 e. The van der Waals surface area contributed by atoms with E-state index < -0.39 is 29.8 Å². The van der Waals surface area contributed by atoms with Crippen LogP contribution < -0.4 is 11.1 Å². The van der Waals surface area contributed by atoms with E-state index in [9.17, 15) is 22.8 Å². The number of fused-ring (bicyclic) bond motifs is 1. The van der Waals surface area contributed by atoms with Crippen molar-refractivity contribution in [3.05, 3.63) is 46.0 Å². The zero-order chi connectivity index (χ0) is 28.2. The maximum atomic E-state index is 13.8. The number of nitrogens with zero attached hydrogens (tertiary/aromatic N) is 6. The van der Waals surface area contributed by atoms with Gasteiger partial charge < -0.3 is 15.9 Å². The van der Waals surface area contributed by atoms with Crippen molar-refractivity contribution in [3.63, 3.8) is 0 Å². The molecule has 0 aliphatic carbocycles. The Labute approximate surface area is 223 Å². The SMILES string of the molecule is CCn1cc(C2=NOC(C(=O)Nc3c(C(N)=O)sc4nc(C(F)(F)F)cc(-c5cnn(C)c5C)c34)C2)c(C)n1. The highest BCUT2D eigenvalue weighted by atomic mass is 32.1. The molecule has 4 aromatic heterocycles. The van der Waals surface area contributed by atoms with Crippen LogP contribution in [-0.4, -0.2) is 48.2 Å². The summed E-state index contributed by atoms with van der Waals surface area (Å²) in [6.07, 6.45) is -2.46. The van der Waals surface area contributed by atoms with E-state index in [1.807, 2.05) is 20.0 Å². The van der Waals surface area contributed by atoms with E-state index in [2.05, 4.69) is 25.7 Å². The van der Waals surface area contributed by atoms with Crippen LogP contribution in [0.4, 0.5) is 18.9 Å². The van der Waals surface area contributed by atoms with E-state index >= 15 is 0 Å². The van der Waals surface area contributed by atoms with Crippen molar-refractivity contribution < 1.29 is 27.6 Å². The number of aromatic nitrogens is 5. The fraction of sp³-hybridized carbons (Fsp3) is 0.333. The number of anilines is 1. The molecule has 5 heterocycles. The Morgan fingerprint density at radius 2 is 2.00 bits per heavy atom. The van der Waals surface area contributed by atoms with E-state index in [0.29, 0.717) is 34.9 Å². The van der Waals surface area contributed by atoms with Crippen molar-refractivity contribution in [2.24, 2.45) is 17.9 Å². The lowest BCUT2D eigenvalue weighted by Crippen LogP contribution is -2.29. The van der Waals surface area contributed by atoms with Gasteiger partial charge >= 0.3 is 6.18 Å². The summed E-state index contributed by atoms with van der Waals surface area (Å²) < 4.78 is 44.5. The third-order valence-corrected chi connectivity index (χ3v) is 7.59. The fourth-order valence-corrected chi connectivity index (χ4v) is 5.36. The third kappa shape index (κ3) is 4.62. The predicted octanol–water partition coefficient (Wildman–Crippen LogP) is 3.78. The molecule has 39 heavy (non-hydrogen) atoms. The first-order valence-corrected chi connectivity index (χ1v) is 12.6. The second kappa shape index (κ2) is 9.48. The summed E-state index contributed by atoms with van der Waals surface area (Å²) in [6, 6.07) is 0.876. The lowest BCUT2D eigenvalue weighted by atomic mass is 10.0. The number of primary amides is 1. The maximum absolute atomic E-state index is 13.8. The van der Waals surface area contributed by atoms with Gasteiger partial charge in [0.15, 0.2) is 0 Å². The molecule has 0 fully saturated rings. The minimum atomic E-state index is -4.76. The largest absolute Gasteiger partial charge is 0.433 e. The van der Waals surface area contributed by atoms with Gasteiger partial charge in [-0.3, -0.25) is 19.0 Å². The van der Waals surface area contributed by atoms with Crippen LogP contribution in [0.15, 0.2) is 23.6 Å². The summed E-state index contributed by atoms with van der Waals surface area (Å²) in [5, 5.41) is 15.4. The molecule has 0 spiro atoms. The summed E-state index contributed by atoms with van der Waals surface area (Å²) in [7, 11) is 1.65. The molecule has 0 radical (unpaired) electrons. The predicted molar refractivity (Wildman–Crippen MR) is 137 cm³/mol. The summed E-state index contributed by atoms with van der Waals surface area (Å²) in [5.74, 6) is -1.58. The Morgan fingerprint density at radius 3 is 2.59 bits per heavy atom. The van der Waals surface area contributed by atoms with Gasteiger partial charge in [0.25, 0.3) is 11.8 Å². The normalized spacial score (nSPS) is 15.5. The van der Waals surface area contributed by atoms with Crippen molar-refractivity contribution >= 4 is 44.8 Å². The number of hydrogen-bond donors (Lipinski definition) is 2. The van der Waals surface area contributed by atoms with E-state index in [1.54, 1.807) is 18.7 Å². The van der Waals surface area contributed by atoms with Crippen LogP contribution in [0.3, 0.4) is 0 Å². The average Bonchev–Trinajstić information content (AvgIpc) is 3.64. The molecular formula is C24H23F3N8O3S. The standard InChI is InChI=1S/C24H23F3N8O3S/c1-5-35-9-14(10(2)32-35)15-7-16(38-33-15)22(37)31-19-18-12(13-8-29-34(4)11(13)3)6-17(24(25,26)27)30-23(18)39-20(19)21(28)36/h6,8-9,16H,5,7H2,1-4H3,(H2,28,36)(H,31,37). The molecule has 0 saturated heterocycles. The van der Waals surface area contributed by atoms with Crippen molar-refractivity contribution in [2.45, 2.75) is 46.0 Å². The first kappa shape index (κ1) is 26.3. The number of nitrogens with one attached hydrogen (secondary N) is 1. The molecule has 1 unspecified atom stereocenters. The van der Waals surface area contributed by atoms with Gasteiger partial charge in [-0.2, -0.15) is 23.4 Å². The van der Waals surface area contributed by atoms with Gasteiger partial charge in [-0.05, 0) is 32.4 Å². The first-order chi connectivity index (χ1) is 18.4. The molecule has 5 rings (SSSR count). The molecule has 0 aromatic carbocycles. The number of oxime groups is 1. The van der Waals surface area contributed by atoms with Gasteiger partial charge in [0.2, 0.25) is 6.10 Å². The van der Waals surface area contributed by atoms with E-state index in [4.69, 9.17) is 10.6 Å². The Morgan fingerprint density at radius 1 is 1.26 bits per heavy atom. The zero-order valence-corrected chi connectivity index (χ0v) is 22.1. The highest BCUT2D eigenvalue weighted by Gasteiger charge is 2.36. The quantitative estimate of drug-likeness (QED) is 0.368. The van der Waals surface area contributed by atoms with Crippen molar-refractivity contribution in [1.82, 2.24) is 24.5 Å². The molecule has 1 atom stereocenters. The zero-order valence-electron chi connectivity index (χ0n) is 21.3. The number of alkyl halides is 3. The van der Waals surface area contributed by atoms with Crippen molar-refractivity contribution in [3.8, 4) is 11.1 Å². The van der Waals surface area contributed by atoms with Crippen LogP contribution in [0.5, 0.6) is 0 Å². The molecule has 4 aromatic rings. The fourth-order valence-electron chi connectivity index (χ4n) is 4.36. The number of carbonyl (C=O) groups excluding carboxylic acids is 2. The number of halogens is 3.